The van der Waals surface area contributed by atoms with E-state index >= 15 is 0 Å². The molecule has 7 heteroatoms. The van der Waals surface area contributed by atoms with Gasteiger partial charge in [-0.05, 0) is 25.5 Å². The topological polar surface area (TPSA) is 72.3 Å². The quantitative estimate of drug-likeness (QED) is 0.933. The number of urea groups is 1. The predicted octanol–water partition coefficient (Wildman–Crippen LogP) is 1.59. The molecule has 0 unspecified atom stereocenters. The molecule has 1 fully saturated rings. The Hall–Kier alpha value is -2.41. The summed E-state index contributed by atoms with van der Waals surface area (Å²) in [7, 11) is 0. The summed E-state index contributed by atoms with van der Waals surface area (Å²) < 4.78 is 7.38. The fraction of sp³-hybridized carbons (Fsp3) is 0.438. The number of ether oxygens (including phenoxy) is 1. The predicted molar refractivity (Wildman–Crippen MR) is 85.2 cm³/mol. The van der Waals surface area contributed by atoms with Crippen molar-refractivity contribution in [3.05, 3.63) is 42.6 Å². The fourth-order valence-corrected chi connectivity index (χ4v) is 2.57. The lowest BCUT2D eigenvalue weighted by Crippen LogP contribution is -2.54. The van der Waals surface area contributed by atoms with Crippen LogP contribution >= 0.6 is 0 Å². The van der Waals surface area contributed by atoms with E-state index in [4.69, 9.17) is 4.74 Å². The number of carbonyl (C=O) groups is 1. The van der Waals surface area contributed by atoms with Crippen LogP contribution < -0.4 is 5.32 Å². The molecule has 7 nitrogen and oxygen atoms in total. The number of rotatable bonds is 3. The van der Waals surface area contributed by atoms with Gasteiger partial charge in [0, 0.05) is 31.7 Å². The molecule has 2 atom stereocenters. The molecule has 0 bridgehead atoms. The van der Waals surface area contributed by atoms with Gasteiger partial charge in [-0.1, -0.05) is 6.07 Å². The van der Waals surface area contributed by atoms with Gasteiger partial charge >= 0.3 is 6.03 Å². The highest BCUT2D eigenvalue weighted by atomic mass is 16.5. The van der Waals surface area contributed by atoms with Gasteiger partial charge < -0.3 is 15.0 Å². The lowest BCUT2D eigenvalue weighted by molar-refractivity contribution is -0.0376. The number of carbonyl (C=O) groups excluding carboxylic acids is 1. The zero-order valence-corrected chi connectivity index (χ0v) is 13.3. The molecule has 0 saturated carbocycles. The molecule has 1 saturated heterocycles. The van der Waals surface area contributed by atoms with Gasteiger partial charge in [0.1, 0.15) is 12.1 Å². The van der Waals surface area contributed by atoms with Crippen molar-refractivity contribution in [1.82, 2.24) is 24.8 Å². The van der Waals surface area contributed by atoms with Crippen molar-refractivity contribution in [2.24, 2.45) is 0 Å². The minimum atomic E-state index is -0.0636. The maximum Gasteiger partial charge on any atom is 0.318 e. The Kier molecular flexibility index (Phi) is 4.57. The molecule has 0 spiro atoms. The van der Waals surface area contributed by atoms with Crippen molar-refractivity contribution in [2.75, 3.05) is 13.2 Å². The van der Waals surface area contributed by atoms with Crippen molar-refractivity contribution in [3.63, 3.8) is 0 Å². The molecule has 2 aromatic heterocycles. The number of nitrogens with zero attached hydrogens (tertiary/aromatic N) is 4. The van der Waals surface area contributed by atoms with Gasteiger partial charge in [-0.2, -0.15) is 0 Å². The zero-order chi connectivity index (χ0) is 16.2. The van der Waals surface area contributed by atoms with Crippen LogP contribution in [0.4, 0.5) is 4.79 Å². The molecule has 1 aliphatic heterocycles. The number of pyridine rings is 1. The van der Waals surface area contributed by atoms with Gasteiger partial charge in [0.15, 0.2) is 0 Å². The van der Waals surface area contributed by atoms with Crippen molar-refractivity contribution in [2.45, 2.75) is 32.5 Å². The third-order valence-corrected chi connectivity index (χ3v) is 4.17. The molecule has 0 radical (unpaired) electrons. The minimum Gasteiger partial charge on any atom is -0.375 e. The number of amides is 2. The molecular formula is C16H21N5O2. The van der Waals surface area contributed by atoms with Gasteiger partial charge in [0.25, 0.3) is 0 Å². The molecule has 0 aromatic carbocycles. The molecule has 2 aromatic rings. The smallest absolute Gasteiger partial charge is 0.318 e. The van der Waals surface area contributed by atoms with Crippen molar-refractivity contribution in [3.8, 4) is 5.82 Å². The van der Waals surface area contributed by atoms with Crippen LogP contribution in [-0.4, -0.2) is 50.8 Å². The van der Waals surface area contributed by atoms with Gasteiger partial charge in [0.05, 0.1) is 18.8 Å². The van der Waals surface area contributed by atoms with Crippen LogP contribution in [0.1, 0.15) is 19.4 Å². The van der Waals surface area contributed by atoms with E-state index in [1.165, 1.54) is 0 Å². The summed E-state index contributed by atoms with van der Waals surface area (Å²) in [6.45, 7) is 5.65. The van der Waals surface area contributed by atoms with Crippen LogP contribution in [0.3, 0.4) is 0 Å². The number of imidazole rings is 1. The lowest BCUT2D eigenvalue weighted by atomic mass is 10.1. The molecular weight excluding hydrogens is 294 g/mol. The largest absolute Gasteiger partial charge is 0.375 e. The number of nitrogens with one attached hydrogen (secondary N) is 1. The Morgan fingerprint density at radius 1 is 1.43 bits per heavy atom. The summed E-state index contributed by atoms with van der Waals surface area (Å²) >= 11 is 0. The molecule has 1 aliphatic rings. The monoisotopic (exact) mass is 315 g/mol. The van der Waals surface area contributed by atoms with Crippen LogP contribution in [0.5, 0.6) is 0 Å². The standard InChI is InChI=1S/C16H21N5O2/c1-12-13(2)23-8-7-21(12)16(22)19-10-14-3-4-15(18-9-14)20-6-5-17-11-20/h3-6,9,11-13H,7-8,10H2,1-2H3,(H,19,22)/t12-,13+/m0/s1. The first-order valence-corrected chi connectivity index (χ1v) is 7.74. The minimum absolute atomic E-state index is 0.0608. The Balaban J connectivity index is 1.56. The highest BCUT2D eigenvalue weighted by molar-refractivity contribution is 5.74. The van der Waals surface area contributed by atoms with E-state index in [-0.39, 0.29) is 18.2 Å². The van der Waals surface area contributed by atoms with E-state index in [1.54, 1.807) is 18.7 Å². The van der Waals surface area contributed by atoms with Gasteiger partial charge in [0.2, 0.25) is 0 Å². The van der Waals surface area contributed by atoms with Crippen LogP contribution in [0, 0.1) is 0 Å². The maximum atomic E-state index is 12.3. The number of hydrogen-bond acceptors (Lipinski definition) is 4. The highest BCUT2D eigenvalue weighted by Gasteiger charge is 2.28. The first-order chi connectivity index (χ1) is 11.1. The molecule has 3 rings (SSSR count). The SMILES string of the molecule is C[C@H]1OCCN(C(=O)NCc2ccc(-n3ccnc3)nc2)[C@H]1C. The molecule has 3 heterocycles. The van der Waals surface area contributed by atoms with Crippen LogP contribution in [0.2, 0.25) is 0 Å². The van der Waals surface area contributed by atoms with Gasteiger partial charge in [-0.3, -0.25) is 4.57 Å². The summed E-state index contributed by atoms with van der Waals surface area (Å²) in [5, 5.41) is 2.95. The summed E-state index contributed by atoms with van der Waals surface area (Å²) in [5.74, 6) is 0.799. The van der Waals surface area contributed by atoms with Crippen LogP contribution in [-0.2, 0) is 11.3 Å². The average Bonchev–Trinajstić information content (AvgIpc) is 3.10. The van der Waals surface area contributed by atoms with Crippen molar-refractivity contribution >= 4 is 6.03 Å². The second kappa shape index (κ2) is 6.78. The maximum absolute atomic E-state index is 12.3. The van der Waals surface area contributed by atoms with E-state index in [1.807, 2.05) is 41.6 Å². The summed E-state index contributed by atoms with van der Waals surface area (Å²) in [6.07, 6.45) is 7.07. The molecule has 2 amide bonds. The van der Waals surface area contributed by atoms with E-state index in [9.17, 15) is 4.79 Å². The summed E-state index contributed by atoms with van der Waals surface area (Å²) in [4.78, 5) is 22.5. The Morgan fingerprint density at radius 3 is 3.00 bits per heavy atom. The van der Waals surface area contributed by atoms with E-state index in [0.29, 0.717) is 19.7 Å². The van der Waals surface area contributed by atoms with E-state index < -0.39 is 0 Å². The molecule has 23 heavy (non-hydrogen) atoms. The number of aromatic nitrogens is 3. The van der Waals surface area contributed by atoms with E-state index in [0.717, 1.165) is 11.4 Å². The average molecular weight is 315 g/mol. The van der Waals surface area contributed by atoms with Crippen molar-refractivity contribution < 1.29 is 9.53 Å². The number of morpholine rings is 1. The van der Waals surface area contributed by atoms with Crippen LogP contribution in [0.25, 0.3) is 5.82 Å². The summed E-state index contributed by atoms with van der Waals surface area (Å²) in [6, 6.07) is 3.87. The van der Waals surface area contributed by atoms with Gasteiger partial charge in [-0.15, -0.1) is 0 Å². The van der Waals surface area contributed by atoms with Gasteiger partial charge in [-0.25, -0.2) is 14.8 Å². The first kappa shape index (κ1) is 15.5. The molecule has 1 N–H and O–H groups in total. The van der Waals surface area contributed by atoms with E-state index in [2.05, 4.69) is 15.3 Å². The molecule has 122 valence electrons. The summed E-state index contributed by atoms with van der Waals surface area (Å²) in [5.41, 5.74) is 0.955. The zero-order valence-electron chi connectivity index (χ0n) is 13.3. The third kappa shape index (κ3) is 3.50. The second-order valence-electron chi connectivity index (χ2n) is 5.66. The molecule has 0 aliphatic carbocycles. The number of hydrogen-bond donors (Lipinski definition) is 1. The second-order valence-corrected chi connectivity index (χ2v) is 5.66. The normalized spacial score (nSPS) is 21.2. The Morgan fingerprint density at radius 2 is 2.30 bits per heavy atom. The Bertz CT molecular complexity index is 641. The van der Waals surface area contributed by atoms with Crippen molar-refractivity contribution in [1.29, 1.82) is 0 Å². The fourth-order valence-electron chi connectivity index (χ4n) is 2.57. The Labute approximate surface area is 135 Å². The third-order valence-electron chi connectivity index (χ3n) is 4.17. The first-order valence-electron chi connectivity index (χ1n) is 7.74. The highest BCUT2D eigenvalue weighted by Crippen LogP contribution is 2.13. The van der Waals surface area contributed by atoms with Crippen LogP contribution in [0.15, 0.2) is 37.1 Å². The lowest BCUT2D eigenvalue weighted by Gasteiger charge is -2.37.